The molecule has 5 heteroatoms. The standard InChI is InChI=1S/C9H18N2O3/c1-4-10-9(14)7(2)11(3)6-5-8(12)13/h7H,4-6H2,1-3H3,(H,10,14)(H,12,13). The molecule has 0 aliphatic heterocycles. The van der Waals surface area contributed by atoms with Crippen molar-refractivity contribution < 1.29 is 14.7 Å². The molecule has 0 aromatic rings. The van der Waals surface area contributed by atoms with Gasteiger partial charge in [0.25, 0.3) is 0 Å². The zero-order valence-corrected chi connectivity index (χ0v) is 8.91. The first kappa shape index (κ1) is 12.9. The molecule has 0 saturated heterocycles. The quantitative estimate of drug-likeness (QED) is 0.632. The number of nitrogens with zero attached hydrogens (tertiary/aromatic N) is 1. The van der Waals surface area contributed by atoms with Crippen LogP contribution in [0.2, 0.25) is 0 Å². The highest BCUT2D eigenvalue weighted by Crippen LogP contribution is 1.97. The summed E-state index contributed by atoms with van der Waals surface area (Å²) in [6, 6.07) is -0.283. The molecule has 0 bridgehead atoms. The maximum atomic E-state index is 11.3. The second kappa shape index (κ2) is 6.37. The minimum absolute atomic E-state index is 0.0558. The van der Waals surface area contributed by atoms with Gasteiger partial charge in [-0.15, -0.1) is 0 Å². The topological polar surface area (TPSA) is 69.6 Å². The van der Waals surface area contributed by atoms with Crippen LogP contribution in [0, 0.1) is 0 Å². The molecule has 1 atom stereocenters. The maximum Gasteiger partial charge on any atom is 0.304 e. The molecule has 14 heavy (non-hydrogen) atoms. The number of carbonyl (C=O) groups excluding carboxylic acids is 1. The van der Waals surface area contributed by atoms with Crippen LogP contribution in [0.1, 0.15) is 20.3 Å². The molecule has 82 valence electrons. The normalized spacial score (nSPS) is 12.6. The van der Waals surface area contributed by atoms with Crippen LogP contribution in [-0.4, -0.2) is 48.1 Å². The van der Waals surface area contributed by atoms with E-state index in [0.29, 0.717) is 13.1 Å². The summed E-state index contributed by atoms with van der Waals surface area (Å²) in [6.45, 7) is 4.58. The fourth-order valence-corrected chi connectivity index (χ4v) is 0.988. The Morgan fingerprint density at radius 1 is 1.50 bits per heavy atom. The van der Waals surface area contributed by atoms with E-state index in [1.54, 1.807) is 18.9 Å². The van der Waals surface area contributed by atoms with Crippen molar-refractivity contribution in [1.29, 1.82) is 0 Å². The molecular formula is C9H18N2O3. The molecule has 0 aliphatic rings. The first-order valence-corrected chi connectivity index (χ1v) is 4.68. The van der Waals surface area contributed by atoms with Crippen LogP contribution in [0.15, 0.2) is 0 Å². The molecule has 0 aromatic carbocycles. The monoisotopic (exact) mass is 202 g/mol. The number of hydrogen-bond donors (Lipinski definition) is 2. The third-order valence-corrected chi connectivity index (χ3v) is 2.07. The fourth-order valence-electron chi connectivity index (χ4n) is 0.988. The van der Waals surface area contributed by atoms with Gasteiger partial charge in [-0.3, -0.25) is 14.5 Å². The van der Waals surface area contributed by atoms with Gasteiger partial charge in [-0.2, -0.15) is 0 Å². The third kappa shape index (κ3) is 4.81. The molecule has 1 unspecified atom stereocenters. The molecule has 0 heterocycles. The Morgan fingerprint density at radius 3 is 2.50 bits per heavy atom. The van der Waals surface area contributed by atoms with E-state index in [9.17, 15) is 9.59 Å². The summed E-state index contributed by atoms with van der Waals surface area (Å²) in [6.07, 6.45) is 0.0558. The summed E-state index contributed by atoms with van der Waals surface area (Å²) in [4.78, 5) is 23.3. The highest BCUT2D eigenvalue weighted by atomic mass is 16.4. The van der Waals surface area contributed by atoms with Crippen molar-refractivity contribution in [2.45, 2.75) is 26.3 Å². The second-order valence-corrected chi connectivity index (χ2v) is 3.19. The van der Waals surface area contributed by atoms with Crippen molar-refractivity contribution in [3.8, 4) is 0 Å². The van der Waals surface area contributed by atoms with E-state index in [2.05, 4.69) is 5.32 Å². The van der Waals surface area contributed by atoms with Crippen molar-refractivity contribution in [3.05, 3.63) is 0 Å². The SMILES string of the molecule is CCNC(=O)C(C)N(C)CCC(=O)O. The van der Waals surface area contributed by atoms with Gasteiger partial charge >= 0.3 is 5.97 Å². The number of aliphatic carboxylic acids is 1. The smallest absolute Gasteiger partial charge is 0.304 e. The zero-order valence-electron chi connectivity index (χ0n) is 8.91. The Morgan fingerprint density at radius 2 is 2.07 bits per heavy atom. The van der Waals surface area contributed by atoms with Crippen LogP contribution < -0.4 is 5.32 Å². The summed E-state index contributed by atoms with van der Waals surface area (Å²) in [5, 5.41) is 11.1. The van der Waals surface area contributed by atoms with Gasteiger partial charge in [0.15, 0.2) is 0 Å². The third-order valence-electron chi connectivity index (χ3n) is 2.07. The number of carboxylic acid groups (broad SMARTS) is 1. The van der Waals surface area contributed by atoms with E-state index in [-0.39, 0.29) is 18.4 Å². The van der Waals surface area contributed by atoms with E-state index >= 15 is 0 Å². The molecule has 0 aromatic heterocycles. The van der Waals surface area contributed by atoms with Gasteiger partial charge in [0.2, 0.25) is 5.91 Å². The number of carbonyl (C=O) groups is 2. The number of amides is 1. The van der Waals surface area contributed by atoms with Crippen molar-refractivity contribution in [1.82, 2.24) is 10.2 Å². The summed E-state index contributed by atoms with van der Waals surface area (Å²) < 4.78 is 0. The number of carboxylic acids is 1. The Bertz CT molecular complexity index is 206. The first-order valence-electron chi connectivity index (χ1n) is 4.68. The van der Waals surface area contributed by atoms with Gasteiger partial charge in [0, 0.05) is 13.1 Å². The van der Waals surface area contributed by atoms with Crippen LogP contribution in [0.4, 0.5) is 0 Å². The van der Waals surface area contributed by atoms with E-state index in [0.717, 1.165) is 0 Å². The highest BCUT2D eigenvalue weighted by Gasteiger charge is 2.17. The molecule has 1 amide bonds. The molecule has 0 rings (SSSR count). The van der Waals surface area contributed by atoms with Gasteiger partial charge in [0.1, 0.15) is 0 Å². The van der Waals surface area contributed by atoms with Crippen LogP contribution in [-0.2, 0) is 9.59 Å². The van der Waals surface area contributed by atoms with Gasteiger partial charge in [-0.05, 0) is 20.9 Å². The van der Waals surface area contributed by atoms with Gasteiger partial charge in [0.05, 0.1) is 12.5 Å². The zero-order chi connectivity index (χ0) is 11.1. The molecule has 2 N–H and O–H groups in total. The minimum atomic E-state index is -0.847. The molecule has 0 spiro atoms. The average Bonchev–Trinajstić information content (AvgIpc) is 2.13. The van der Waals surface area contributed by atoms with E-state index in [4.69, 9.17) is 5.11 Å². The van der Waals surface area contributed by atoms with Gasteiger partial charge in [-0.25, -0.2) is 0 Å². The Hall–Kier alpha value is -1.10. The number of nitrogens with one attached hydrogen (secondary N) is 1. The molecule has 0 aliphatic carbocycles. The first-order chi connectivity index (χ1) is 6.49. The fraction of sp³-hybridized carbons (Fsp3) is 0.778. The van der Waals surface area contributed by atoms with Crippen LogP contribution in [0.5, 0.6) is 0 Å². The van der Waals surface area contributed by atoms with Crippen molar-refractivity contribution in [3.63, 3.8) is 0 Å². The van der Waals surface area contributed by atoms with Crippen molar-refractivity contribution in [2.75, 3.05) is 20.1 Å². The number of rotatable bonds is 6. The maximum absolute atomic E-state index is 11.3. The van der Waals surface area contributed by atoms with E-state index in [1.807, 2.05) is 6.92 Å². The number of likely N-dealkylation sites (N-methyl/N-ethyl adjacent to an activating group) is 2. The summed E-state index contributed by atoms with van der Waals surface area (Å²) in [7, 11) is 1.74. The average molecular weight is 202 g/mol. The summed E-state index contributed by atoms with van der Waals surface area (Å²) in [5.41, 5.74) is 0. The number of hydrogen-bond acceptors (Lipinski definition) is 3. The molecule has 0 radical (unpaired) electrons. The lowest BCUT2D eigenvalue weighted by molar-refractivity contribution is -0.138. The summed E-state index contributed by atoms with van der Waals surface area (Å²) in [5.74, 6) is -0.916. The van der Waals surface area contributed by atoms with Crippen LogP contribution in [0.3, 0.4) is 0 Å². The second-order valence-electron chi connectivity index (χ2n) is 3.19. The summed E-state index contributed by atoms with van der Waals surface area (Å²) >= 11 is 0. The van der Waals surface area contributed by atoms with Crippen molar-refractivity contribution in [2.24, 2.45) is 0 Å². The minimum Gasteiger partial charge on any atom is -0.481 e. The van der Waals surface area contributed by atoms with Gasteiger partial charge < -0.3 is 10.4 Å². The lowest BCUT2D eigenvalue weighted by Gasteiger charge is -2.22. The predicted molar refractivity (Wildman–Crippen MR) is 53.0 cm³/mol. The molecule has 5 nitrogen and oxygen atoms in total. The molecular weight excluding hydrogens is 184 g/mol. The van der Waals surface area contributed by atoms with Gasteiger partial charge in [-0.1, -0.05) is 0 Å². The lowest BCUT2D eigenvalue weighted by Crippen LogP contribution is -2.43. The van der Waals surface area contributed by atoms with Crippen molar-refractivity contribution >= 4 is 11.9 Å². The largest absolute Gasteiger partial charge is 0.481 e. The lowest BCUT2D eigenvalue weighted by atomic mass is 10.2. The molecule has 0 saturated carbocycles. The predicted octanol–water partition coefficient (Wildman–Crippen LogP) is -0.0825. The highest BCUT2D eigenvalue weighted by molar-refractivity contribution is 5.81. The Labute approximate surface area is 84.1 Å². The van der Waals surface area contributed by atoms with E-state index in [1.165, 1.54) is 0 Å². The Balaban J connectivity index is 3.91. The Kier molecular flexibility index (Phi) is 5.87. The van der Waals surface area contributed by atoms with Crippen LogP contribution in [0.25, 0.3) is 0 Å². The van der Waals surface area contributed by atoms with E-state index < -0.39 is 5.97 Å². The van der Waals surface area contributed by atoms with Crippen LogP contribution >= 0.6 is 0 Å². The molecule has 0 fully saturated rings.